The number of hydrogen-bond donors (Lipinski definition) is 0. The van der Waals surface area contributed by atoms with Gasteiger partial charge in [-0.25, -0.2) is 0 Å². The number of ether oxygens (including phenoxy) is 1. The van der Waals surface area contributed by atoms with Crippen molar-refractivity contribution in [1.29, 1.82) is 0 Å². The molecule has 0 atom stereocenters. The van der Waals surface area contributed by atoms with Gasteiger partial charge in [-0.05, 0) is 19.3 Å². The monoisotopic (exact) mass is 222 g/mol. The molecule has 0 heterocycles. The molecule has 1 aliphatic rings. The van der Waals surface area contributed by atoms with Crippen molar-refractivity contribution in [2.45, 2.75) is 31.8 Å². The van der Waals surface area contributed by atoms with Gasteiger partial charge in [0.05, 0.1) is 6.26 Å². The van der Waals surface area contributed by atoms with E-state index in [1.165, 1.54) is 6.92 Å². The van der Waals surface area contributed by atoms with Crippen molar-refractivity contribution in [3.63, 3.8) is 0 Å². The van der Waals surface area contributed by atoms with Gasteiger partial charge in [0.25, 0.3) is 10.1 Å². The molecule has 5 nitrogen and oxygen atoms in total. The van der Waals surface area contributed by atoms with E-state index >= 15 is 0 Å². The van der Waals surface area contributed by atoms with Crippen LogP contribution in [0.15, 0.2) is 0 Å². The zero-order chi connectivity index (χ0) is 10.8. The Labute approximate surface area is 83.5 Å². The molecule has 0 radical (unpaired) electrons. The van der Waals surface area contributed by atoms with Crippen LogP contribution in [0.2, 0.25) is 0 Å². The summed E-state index contributed by atoms with van der Waals surface area (Å²) in [5.41, 5.74) is -0.699. The topological polar surface area (TPSA) is 69.7 Å². The van der Waals surface area contributed by atoms with Crippen molar-refractivity contribution in [1.82, 2.24) is 0 Å². The van der Waals surface area contributed by atoms with E-state index in [1.807, 2.05) is 0 Å². The molecule has 0 aliphatic heterocycles. The molecule has 1 rings (SSSR count). The van der Waals surface area contributed by atoms with Crippen molar-refractivity contribution in [2.24, 2.45) is 0 Å². The van der Waals surface area contributed by atoms with Crippen molar-refractivity contribution in [3.8, 4) is 0 Å². The molecule has 0 aromatic heterocycles. The third kappa shape index (κ3) is 3.26. The molecule has 6 heteroatoms. The summed E-state index contributed by atoms with van der Waals surface area (Å²) in [6.45, 7) is 1.24. The highest BCUT2D eigenvalue weighted by molar-refractivity contribution is 7.85. The van der Waals surface area contributed by atoms with Crippen LogP contribution in [0.5, 0.6) is 0 Å². The minimum Gasteiger partial charge on any atom is -0.457 e. The van der Waals surface area contributed by atoms with E-state index in [2.05, 4.69) is 4.18 Å². The van der Waals surface area contributed by atoms with E-state index in [0.29, 0.717) is 12.8 Å². The fourth-order valence-electron chi connectivity index (χ4n) is 1.37. The maximum Gasteiger partial charge on any atom is 0.303 e. The quantitative estimate of drug-likeness (QED) is 0.510. The molecule has 14 heavy (non-hydrogen) atoms. The Balaban J connectivity index is 2.50. The zero-order valence-corrected chi connectivity index (χ0v) is 9.09. The van der Waals surface area contributed by atoms with Gasteiger partial charge in [-0.15, -0.1) is 0 Å². The third-order valence-corrected chi connectivity index (χ3v) is 2.71. The lowest BCUT2D eigenvalue weighted by atomic mass is 9.81. The summed E-state index contributed by atoms with van der Waals surface area (Å²) in [4.78, 5) is 10.7. The van der Waals surface area contributed by atoms with E-state index in [-0.39, 0.29) is 6.61 Å². The van der Waals surface area contributed by atoms with Crippen molar-refractivity contribution >= 4 is 16.1 Å². The smallest absolute Gasteiger partial charge is 0.303 e. The Morgan fingerprint density at radius 3 is 2.29 bits per heavy atom. The molecule has 0 aromatic rings. The van der Waals surface area contributed by atoms with E-state index < -0.39 is 21.7 Å². The van der Waals surface area contributed by atoms with Crippen LogP contribution in [0.25, 0.3) is 0 Å². The molecule has 0 spiro atoms. The van der Waals surface area contributed by atoms with Crippen LogP contribution in [-0.2, 0) is 23.8 Å². The number of esters is 1. The lowest BCUT2D eigenvalue weighted by Crippen LogP contribution is -2.46. The van der Waals surface area contributed by atoms with Gasteiger partial charge in [-0.1, -0.05) is 0 Å². The summed E-state index contributed by atoms with van der Waals surface area (Å²) >= 11 is 0. The first-order valence-electron chi connectivity index (χ1n) is 4.37. The lowest BCUT2D eigenvalue weighted by Gasteiger charge is -2.39. The highest BCUT2D eigenvalue weighted by Crippen LogP contribution is 2.36. The molecule has 0 unspecified atom stereocenters. The average molecular weight is 222 g/mol. The minimum atomic E-state index is -3.46. The second kappa shape index (κ2) is 3.86. The Hall–Kier alpha value is -0.620. The second-order valence-electron chi connectivity index (χ2n) is 3.60. The minimum absolute atomic E-state index is 0.0641. The van der Waals surface area contributed by atoms with Crippen LogP contribution in [0.1, 0.15) is 26.2 Å². The Morgan fingerprint density at radius 1 is 1.43 bits per heavy atom. The molecule has 1 saturated carbocycles. The molecule has 0 amide bonds. The molecule has 1 fully saturated rings. The first-order chi connectivity index (χ1) is 6.33. The molecule has 0 bridgehead atoms. The first-order valence-corrected chi connectivity index (χ1v) is 6.19. The van der Waals surface area contributed by atoms with Crippen LogP contribution >= 0.6 is 0 Å². The predicted molar refractivity (Wildman–Crippen MR) is 49.1 cm³/mol. The van der Waals surface area contributed by atoms with Crippen molar-refractivity contribution < 1.29 is 22.1 Å². The van der Waals surface area contributed by atoms with Crippen LogP contribution in [0.3, 0.4) is 0 Å². The van der Waals surface area contributed by atoms with Gasteiger partial charge in [0, 0.05) is 6.92 Å². The lowest BCUT2D eigenvalue weighted by molar-refractivity contribution is -0.171. The van der Waals surface area contributed by atoms with Crippen molar-refractivity contribution in [2.75, 3.05) is 12.9 Å². The molecular weight excluding hydrogens is 208 g/mol. The number of carbonyl (C=O) groups is 1. The normalized spacial score (nSPS) is 19.9. The zero-order valence-electron chi connectivity index (χ0n) is 8.28. The number of carbonyl (C=O) groups excluding carboxylic acids is 1. The van der Waals surface area contributed by atoms with Gasteiger partial charge in [-0.3, -0.25) is 8.98 Å². The standard InChI is InChI=1S/C8H14O5S/c1-7(9)13-8(4-3-5-8)6-12-14(2,10)11/h3-6H2,1-2H3. The fourth-order valence-corrected chi connectivity index (χ4v) is 1.80. The van der Waals surface area contributed by atoms with E-state index in [0.717, 1.165) is 12.7 Å². The highest BCUT2D eigenvalue weighted by atomic mass is 32.2. The van der Waals surface area contributed by atoms with Gasteiger partial charge in [0.15, 0.2) is 0 Å². The maximum absolute atomic E-state index is 10.7. The molecule has 0 aromatic carbocycles. The summed E-state index contributed by atoms with van der Waals surface area (Å²) in [6.07, 6.45) is 3.25. The fraction of sp³-hybridized carbons (Fsp3) is 0.875. The molecule has 1 aliphatic carbocycles. The van der Waals surface area contributed by atoms with Crippen LogP contribution in [0, 0.1) is 0 Å². The highest BCUT2D eigenvalue weighted by Gasteiger charge is 2.41. The Morgan fingerprint density at radius 2 is 2.00 bits per heavy atom. The molecule has 0 saturated heterocycles. The molecule has 82 valence electrons. The average Bonchev–Trinajstić information content (AvgIpc) is 1.92. The number of hydrogen-bond acceptors (Lipinski definition) is 5. The van der Waals surface area contributed by atoms with E-state index in [4.69, 9.17) is 4.74 Å². The predicted octanol–water partition coefficient (Wildman–Crippen LogP) is 0.448. The van der Waals surface area contributed by atoms with E-state index in [9.17, 15) is 13.2 Å². The summed E-state index contributed by atoms with van der Waals surface area (Å²) in [5, 5.41) is 0. The summed E-state index contributed by atoms with van der Waals surface area (Å²) in [6, 6.07) is 0. The van der Waals surface area contributed by atoms with Crippen molar-refractivity contribution in [3.05, 3.63) is 0 Å². The SMILES string of the molecule is CC(=O)OC1(COS(C)(=O)=O)CCC1. The van der Waals surface area contributed by atoms with Crippen LogP contribution in [0.4, 0.5) is 0 Å². The number of rotatable bonds is 4. The largest absolute Gasteiger partial charge is 0.457 e. The summed E-state index contributed by atoms with van der Waals surface area (Å²) in [5.74, 6) is -0.401. The van der Waals surface area contributed by atoms with Gasteiger partial charge < -0.3 is 4.74 Å². The van der Waals surface area contributed by atoms with Gasteiger partial charge in [0.1, 0.15) is 12.2 Å². The van der Waals surface area contributed by atoms with Gasteiger partial charge in [0.2, 0.25) is 0 Å². The maximum atomic E-state index is 10.7. The first kappa shape index (κ1) is 11.5. The van der Waals surface area contributed by atoms with Crippen LogP contribution in [-0.4, -0.2) is 32.9 Å². The van der Waals surface area contributed by atoms with Gasteiger partial charge >= 0.3 is 5.97 Å². The Kier molecular flexibility index (Phi) is 3.16. The van der Waals surface area contributed by atoms with Crippen LogP contribution < -0.4 is 0 Å². The Bertz CT molecular complexity index is 315. The summed E-state index contributed by atoms with van der Waals surface area (Å²) in [7, 11) is -3.46. The second-order valence-corrected chi connectivity index (χ2v) is 5.24. The van der Waals surface area contributed by atoms with Gasteiger partial charge in [-0.2, -0.15) is 8.42 Å². The summed E-state index contributed by atoms with van der Waals surface area (Å²) < 4.78 is 31.2. The van der Waals surface area contributed by atoms with E-state index in [1.54, 1.807) is 0 Å². The third-order valence-electron chi connectivity index (χ3n) is 2.16. The molecular formula is C8H14O5S. The molecule has 0 N–H and O–H groups in total.